The Kier molecular flexibility index (Phi) is 3.95. The maximum absolute atomic E-state index is 3.65. The van der Waals surface area contributed by atoms with Crippen molar-refractivity contribution in [3.05, 3.63) is 60.2 Å². The van der Waals surface area contributed by atoms with Gasteiger partial charge in [-0.3, -0.25) is 0 Å². The van der Waals surface area contributed by atoms with Crippen LogP contribution in [0.3, 0.4) is 0 Å². The van der Waals surface area contributed by atoms with Crippen molar-refractivity contribution in [2.24, 2.45) is 0 Å². The lowest BCUT2D eigenvalue weighted by Crippen LogP contribution is -2.35. The Labute approximate surface area is 115 Å². The molecule has 98 valence electrons. The fourth-order valence-electron chi connectivity index (χ4n) is 2.96. The first-order chi connectivity index (χ1) is 9.43. The molecule has 19 heavy (non-hydrogen) atoms. The molecule has 0 radical (unpaired) electrons. The molecule has 1 heterocycles. The van der Waals surface area contributed by atoms with Crippen molar-refractivity contribution in [1.82, 2.24) is 5.32 Å². The van der Waals surface area contributed by atoms with Crippen LogP contribution < -0.4 is 5.32 Å². The molecule has 1 aliphatic rings. The van der Waals surface area contributed by atoms with E-state index in [2.05, 4.69) is 59.9 Å². The van der Waals surface area contributed by atoms with Gasteiger partial charge in [0.1, 0.15) is 0 Å². The maximum atomic E-state index is 3.65. The SMILES string of the molecule is c1ccc(-c2ccccc2CC2CCCCN2)cc1. The number of hydrogen-bond acceptors (Lipinski definition) is 1. The molecular weight excluding hydrogens is 230 g/mol. The predicted octanol–water partition coefficient (Wildman–Crippen LogP) is 4.04. The summed E-state index contributed by atoms with van der Waals surface area (Å²) >= 11 is 0. The fraction of sp³-hybridized carbons (Fsp3) is 0.333. The zero-order chi connectivity index (χ0) is 12.9. The third-order valence-corrected chi connectivity index (χ3v) is 3.98. The maximum Gasteiger partial charge on any atom is 0.0108 e. The lowest BCUT2D eigenvalue weighted by molar-refractivity contribution is 0.399. The van der Waals surface area contributed by atoms with Gasteiger partial charge in [-0.05, 0) is 42.5 Å². The molecule has 2 aromatic carbocycles. The Bertz CT molecular complexity index is 512. The fourth-order valence-corrected chi connectivity index (χ4v) is 2.96. The van der Waals surface area contributed by atoms with E-state index in [1.165, 1.54) is 42.5 Å². The van der Waals surface area contributed by atoms with Crippen molar-refractivity contribution >= 4 is 0 Å². The van der Waals surface area contributed by atoms with Gasteiger partial charge in [-0.25, -0.2) is 0 Å². The predicted molar refractivity (Wildman–Crippen MR) is 81.2 cm³/mol. The summed E-state index contributed by atoms with van der Waals surface area (Å²) in [5.74, 6) is 0. The summed E-state index contributed by atoms with van der Waals surface area (Å²) in [5.41, 5.74) is 4.18. The van der Waals surface area contributed by atoms with E-state index in [9.17, 15) is 0 Å². The Morgan fingerprint density at radius 2 is 1.68 bits per heavy atom. The van der Waals surface area contributed by atoms with Crippen LogP contribution in [0.1, 0.15) is 24.8 Å². The van der Waals surface area contributed by atoms with Crippen LogP contribution in [0.15, 0.2) is 54.6 Å². The highest BCUT2D eigenvalue weighted by molar-refractivity contribution is 5.67. The van der Waals surface area contributed by atoms with Crippen molar-refractivity contribution in [3.8, 4) is 11.1 Å². The summed E-state index contributed by atoms with van der Waals surface area (Å²) in [6.45, 7) is 1.18. The van der Waals surface area contributed by atoms with Gasteiger partial charge in [0.25, 0.3) is 0 Å². The first kappa shape index (κ1) is 12.4. The van der Waals surface area contributed by atoms with Crippen LogP contribution in [0.2, 0.25) is 0 Å². The molecule has 1 unspecified atom stereocenters. The van der Waals surface area contributed by atoms with Crippen LogP contribution in [0.5, 0.6) is 0 Å². The highest BCUT2D eigenvalue weighted by Gasteiger charge is 2.14. The van der Waals surface area contributed by atoms with Crippen LogP contribution >= 0.6 is 0 Å². The van der Waals surface area contributed by atoms with Crippen molar-refractivity contribution in [3.63, 3.8) is 0 Å². The molecular formula is C18H21N. The third-order valence-electron chi connectivity index (χ3n) is 3.98. The minimum absolute atomic E-state index is 0.651. The van der Waals surface area contributed by atoms with E-state index >= 15 is 0 Å². The van der Waals surface area contributed by atoms with Gasteiger partial charge in [-0.15, -0.1) is 0 Å². The molecule has 0 spiro atoms. The molecule has 0 aliphatic carbocycles. The number of piperidine rings is 1. The zero-order valence-corrected chi connectivity index (χ0v) is 11.3. The Hall–Kier alpha value is -1.60. The summed E-state index contributed by atoms with van der Waals surface area (Å²) in [7, 11) is 0. The van der Waals surface area contributed by atoms with Crippen LogP contribution in [0.25, 0.3) is 11.1 Å². The molecule has 1 aliphatic heterocycles. The number of hydrogen-bond donors (Lipinski definition) is 1. The molecule has 1 heteroatoms. The van der Waals surface area contributed by atoms with E-state index < -0.39 is 0 Å². The van der Waals surface area contributed by atoms with E-state index in [0.29, 0.717) is 6.04 Å². The number of nitrogens with one attached hydrogen (secondary N) is 1. The molecule has 0 aromatic heterocycles. The molecule has 1 atom stereocenters. The Morgan fingerprint density at radius 3 is 2.47 bits per heavy atom. The summed E-state index contributed by atoms with van der Waals surface area (Å²) in [4.78, 5) is 0. The van der Waals surface area contributed by atoms with Gasteiger partial charge in [0.2, 0.25) is 0 Å². The normalized spacial score (nSPS) is 19.3. The lowest BCUT2D eigenvalue weighted by Gasteiger charge is -2.24. The average molecular weight is 251 g/mol. The third kappa shape index (κ3) is 3.05. The molecule has 1 nitrogen and oxygen atoms in total. The second-order valence-corrected chi connectivity index (χ2v) is 5.37. The van der Waals surface area contributed by atoms with Crippen LogP contribution in [0.4, 0.5) is 0 Å². The van der Waals surface area contributed by atoms with Gasteiger partial charge in [0.05, 0.1) is 0 Å². The highest BCUT2D eigenvalue weighted by Crippen LogP contribution is 2.25. The first-order valence-electron chi connectivity index (χ1n) is 7.30. The van der Waals surface area contributed by atoms with E-state index in [4.69, 9.17) is 0 Å². The van der Waals surface area contributed by atoms with Gasteiger partial charge in [-0.2, -0.15) is 0 Å². The zero-order valence-electron chi connectivity index (χ0n) is 11.3. The quantitative estimate of drug-likeness (QED) is 0.868. The second kappa shape index (κ2) is 6.03. The summed E-state index contributed by atoms with van der Waals surface area (Å²) < 4.78 is 0. The minimum Gasteiger partial charge on any atom is -0.314 e. The molecule has 1 fully saturated rings. The van der Waals surface area contributed by atoms with Gasteiger partial charge in [0, 0.05) is 6.04 Å². The highest BCUT2D eigenvalue weighted by atomic mass is 14.9. The van der Waals surface area contributed by atoms with Gasteiger partial charge in [-0.1, -0.05) is 61.0 Å². The van der Waals surface area contributed by atoms with E-state index in [1.807, 2.05) is 0 Å². The minimum atomic E-state index is 0.651. The van der Waals surface area contributed by atoms with Crippen LogP contribution in [-0.4, -0.2) is 12.6 Å². The summed E-state index contributed by atoms with van der Waals surface area (Å²) in [6.07, 6.45) is 5.15. The van der Waals surface area contributed by atoms with Gasteiger partial charge in [0.15, 0.2) is 0 Å². The largest absolute Gasteiger partial charge is 0.314 e. The van der Waals surface area contributed by atoms with Gasteiger partial charge >= 0.3 is 0 Å². The average Bonchev–Trinajstić information content (AvgIpc) is 2.50. The summed E-state index contributed by atoms with van der Waals surface area (Å²) in [6, 6.07) is 20.2. The Balaban J connectivity index is 1.85. The second-order valence-electron chi connectivity index (χ2n) is 5.37. The lowest BCUT2D eigenvalue weighted by atomic mass is 9.92. The molecule has 3 rings (SSSR count). The molecule has 0 bridgehead atoms. The van der Waals surface area contributed by atoms with Crippen molar-refractivity contribution in [1.29, 1.82) is 0 Å². The van der Waals surface area contributed by atoms with Gasteiger partial charge < -0.3 is 5.32 Å². The standard InChI is InChI=1S/C18H21N/c1-2-8-15(9-3-1)18-12-5-4-10-16(18)14-17-11-6-7-13-19-17/h1-5,8-10,12,17,19H,6-7,11,13-14H2. The van der Waals surface area contributed by atoms with Crippen molar-refractivity contribution < 1.29 is 0 Å². The van der Waals surface area contributed by atoms with Crippen LogP contribution in [-0.2, 0) is 6.42 Å². The van der Waals surface area contributed by atoms with Crippen molar-refractivity contribution in [2.45, 2.75) is 31.7 Å². The monoisotopic (exact) mass is 251 g/mol. The molecule has 2 aromatic rings. The summed E-state index contributed by atoms with van der Waals surface area (Å²) in [5, 5.41) is 3.65. The number of rotatable bonds is 3. The van der Waals surface area contributed by atoms with E-state index in [1.54, 1.807) is 0 Å². The molecule has 1 N–H and O–H groups in total. The smallest absolute Gasteiger partial charge is 0.0108 e. The number of benzene rings is 2. The molecule has 0 saturated carbocycles. The van der Waals surface area contributed by atoms with E-state index in [-0.39, 0.29) is 0 Å². The van der Waals surface area contributed by atoms with Crippen LogP contribution in [0, 0.1) is 0 Å². The molecule has 0 amide bonds. The first-order valence-corrected chi connectivity index (χ1v) is 7.30. The topological polar surface area (TPSA) is 12.0 Å². The molecule has 1 saturated heterocycles. The van der Waals surface area contributed by atoms with Crippen molar-refractivity contribution in [2.75, 3.05) is 6.54 Å². The Morgan fingerprint density at radius 1 is 0.895 bits per heavy atom. The van der Waals surface area contributed by atoms with E-state index in [0.717, 1.165) is 6.42 Å².